The van der Waals surface area contributed by atoms with E-state index in [1.807, 2.05) is 25.1 Å². The second kappa shape index (κ2) is 8.84. The molecule has 1 heterocycles. The van der Waals surface area contributed by atoms with Crippen LogP contribution in [0.1, 0.15) is 6.92 Å². The molecule has 1 saturated heterocycles. The zero-order valence-electron chi connectivity index (χ0n) is 12.2. The molecule has 2 atom stereocenters. The van der Waals surface area contributed by atoms with Crippen molar-refractivity contribution in [2.75, 3.05) is 47.0 Å². The highest BCUT2D eigenvalue weighted by Crippen LogP contribution is 2.07. The third kappa shape index (κ3) is 5.03. The summed E-state index contributed by atoms with van der Waals surface area (Å²) >= 11 is 0. The van der Waals surface area contributed by atoms with Crippen LogP contribution in [0.3, 0.4) is 0 Å². The summed E-state index contributed by atoms with van der Waals surface area (Å²) in [6.45, 7) is 4.62. The topological polar surface area (TPSA) is 87.1 Å². The van der Waals surface area contributed by atoms with Crippen LogP contribution in [-0.4, -0.2) is 75.2 Å². The molecule has 0 bridgehead atoms. The summed E-state index contributed by atoms with van der Waals surface area (Å²) in [5.41, 5.74) is 2.47. The van der Waals surface area contributed by atoms with E-state index in [4.69, 9.17) is 19.6 Å². The second-order valence-electron chi connectivity index (χ2n) is 4.49. The van der Waals surface area contributed by atoms with Gasteiger partial charge < -0.3 is 9.47 Å². The quantitative estimate of drug-likeness (QED) is 0.367. The molecule has 1 rings (SSSR count). The predicted octanol–water partition coefficient (Wildman–Crippen LogP) is -0.860. The fraction of sp³-hybridized carbons (Fsp3) is 0.833. The first-order chi connectivity index (χ1) is 9.60. The Morgan fingerprint density at radius 3 is 2.65 bits per heavy atom. The van der Waals surface area contributed by atoms with Crippen LogP contribution in [0.15, 0.2) is 0 Å². The molecule has 8 nitrogen and oxygen atoms in total. The van der Waals surface area contributed by atoms with Gasteiger partial charge in [-0.25, -0.2) is 4.79 Å². The molecule has 8 heteroatoms. The number of nitrogens with zero attached hydrogens (tertiary/aromatic N) is 3. The number of esters is 1. The van der Waals surface area contributed by atoms with Crippen LogP contribution in [0.2, 0.25) is 0 Å². The van der Waals surface area contributed by atoms with E-state index >= 15 is 0 Å². The van der Waals surface area contributed by atoms with Gasteiger partial charge in [-0.3, -0.25) is 14.6 Å². The van der Waals surface area contributed by atoms with E-state index in [-0.39, 0.29) is 13.0 Å². The largest absolute Gasteiger partial charge is 0.464 e. The van der Waals surface area contributed by atoms with Crippen LogP contribution < -0.4 is 5.48 Å². The average molecular weight is 286 g/mol. The Labute approximate surface area is 119 Å². The maximum absolute atomic E-state index is 11.5. The standard InChI is InChI=1S/C12H22N4O4/c1-4-19-11(17)10(9-13)14-20-12(15(2)3)16-5-7-18-8-6-16/h10,12,14H,4-8H2,1-3H3. The van der Waals surface area contributed by atoms with Crippen molar-refractivity contribution in [1.29, 1.82) is 5.26 Å². The Hall–Kier alpha value is -1.24. The fourth-order valence-corrected chi connectivity index (χ4v) is 1.79. The van der Waals surface area contributed by atoms with E-state index in [2.05, 4.69) is 10.4 Å². The van der Waals surface area contributed by atoms with Gasteiger partial charge in [0.05, 0.1) is 25.9 Å². The lowest BCUT2D eigenvalue weighted by molar-refractivity contribution is -0.199. The average Bonchev–Trinajstić information content (AvgIpc) is 2.44. The van der Waals surface area contributed by atoms with Gasteiger partial charge in [0.25, 0.3) is 0 Å². The van der Waals surface area contributed by atoms with Crippen molar-refractivity contribution in [2.45, 2.75) is 19.3 Å². The molecule has 1 aliphatic heterocycles. The Morgan fingerprint density at radius 2 is 2.15 bits per heavy atom. The van der Waals surface area contributed by atoms with Gasteiger partial charge in [0, 0.05) is 13.1 Å². The molecular weight excluding hydrogens is 264 g/mol. The minimum atomic E-state index is -1.14. The SMILES string of the molecule is CCOC(=O)C(C#N)NOC(N(C)C)N1CCOCC1. The summed E-state index contributed by atoms with van der Waals surface area (Å²) in [6, 6.07) is 0.671. The van der Waals surface area contributed by atoms with Crippen LogP contribution in [0, 0.1) is 11.3 Å². The van der Waals surface area contributed by atoms with E-state index in [0.29, 0.717) is 13.2 Å². The maximum atomic E-state index is 11.5. The zero-order valence-corrected chi connectivity index (χ0v) is 12.2. The molecule has 1 fully saturated rings. The summed E-state index contributed by atoms with van der Waals surface area (Å²) in [5, 5.41) is 8.94. The van der Waals surface area contributed by atoms with Gasteiger partial charge in [-0.2, -0.15) is 10.7 Å². The number of nitriles is 1. The van der Waals surface area contributed by atoms with Gasteiger partial charge in [-0.05, 0) is 21.0 Å². The third-order valence-electron chi connectivity index (χ3n) is 2.74. The van der Waals surface area contributed by atoms with E-state index in [9.17, 15) is 4.79 Å². The molecule has 1 aliphatic rings. The van der Waals surface area contributed by atoms with Crippen LogP contribution >= 0.6 is 0 Å². The van der Waals surface area contributed by atoms with Gasteiger partial charge in [0.1, 0.15) is 0 Å². The number of nitrogens with one attached hydrogen (secondary N) is 1. The summed E-state index contributed by atoms with van der Waals surface area (Å²) < 4.78 is 10.1. The number of hydrogen-bond donors (Lipinski definition) is 1. The Balaban J connectivity index is 2.53. The number of hydrogen-bond acceptors (Lipinski definition) is 8. The van der Waals surface area contributed by atoms with Gasteiger partial charge in [-0.15, -0.1) is 0 Å². The van der Waals surface area contributed by atoms with E-state index < -0.39 is 12.0 Å². The zero-order chi connectivity index (χ0) is 15.0. The van der Waals surface area contributed by atoms with Crippen molar-refractivity contribution in [3.05, 3.63) is 0 Å². The van der Waals surface area contributed by atoms with Crippen molar-refractivity contribution in [1.82, 2.24) is 15.3 Å². The van der Waals surface area contributed by atoms with E-state index in [1.165, 1.54) is 0 Å². The van der Waals surface area contributed by atoms with Crippen molar-refractivity contribution in [3.8, 4) is 6.07 Å². The van der Waals surface area contributed by atoms with Crippen molar-refractivity contribution in [3.63, 3.8) is 0 Å². The summed E-state index contributed by atoms with van der Waals surface area (Å²) in [6.07, 6.45) is -0.385. The molecule has 2 unspecified atom stereocenters. The Morgan fingerprint density at radius 1 is 1.50 bits per heavy atom. The number of rotatable bonds is 7. The van der Waals surface area contributed by atoms with Crippen LogP contribution in [0.25, 0.3) is 0 Å². The molecule has 20 heavy (non-hydrogen) atoms. The summed E-state index contributed by atoms with van der Waals surface area (Å²) in [7, 11) is 3.71. The van der Waals surface area contributed by atoms with Crippen LogP contribution in [0.4, 0.5) is 0 Å². The summed E-state index contributed by atoms with van der Waals surface area (Å²) in [5.74, 6) is -0.644. The molecule has 0 aromatic heterocycles. The maximum Gasteiger partial charge on any atom is 0.340 e. The summed E-state index contributed by atoms with van der Waals surface area (Å²) in [4.78, 5) is 20.9. The number of carbonyl (C=O) groups excluding carboxylic acids is 1. The lowest BCUT2D eigenvalue weighted by Crippen LogP contribution is -2.54. The lowest BCUT2D eigenvalue weighted by Gasteiger charge is -2.37. The smallest absolute Gasteiger partial charge is 0.340 e. The number of carbonyl (C=O) groups is 1. The molecule has 0 aromatic carbocycles. The fourth-order valence-electron chi connectivity index (χ4n) is 1.79. The molecular formula is C12H22N4O4. The number of ether oxygens (including phenoxy) is 2. The third-order valence-corrected chi connectivity index (χ3v) is 2.74. The molecule has 114 valence electrons. The van der Waals surface area contributed by atoms with Gasteiger partial charge in [-0.1, -0.05) is 0 Å². The highest BCUT2D eigenvalue weighted by atomic mass is 16.7. The van der Waals surface area contributed by atoms with Crippen LogP contribution in [0.5, 0.6) is 0 Å². The van der Waals surface area contributed by atoms with Gasteiger partial charge >= 0.3 is 5.97 Å². The minimum Gasteiger partial charge on any atom is -0.464 e. The minimum absolute atomic E-state index is 0.221. The lowest BCUT2D eigenvalue weighted by atomic mass is 10.3. The van der Waals surface area contributed by atoms with Gasteiger partial charge in [0.15, 0.2) is 6.35 Å². The number of hydroxylamine groups is 1. The molecule has 0 saturated carbocycles. The first-order valence-corrected chi connectivity index (χ1v) is 6.55. The predicted molar refractivity (Wildman–Crippen MR) is 70.1 cm³/mol. The second-order valence-corrected chi connectivity index (χ2v) is 4.49. The first-order valence-electron chi connectivity index (χ1n) is 6.55. The monoisotopic (exact) mass is 286 g/mol. The van der Waals surface area contributed by atoms with Crippen molar-refractivity contribution >= 4 is 5.97 Å². The van der Waals surface area contributed by atoms with Crippen molar-refractivity contribution in [2.24, 2.45) is 0 Å². The van der Waals surface area contributed by atoms with Crippen LogP contribution in [-0.2, 0) is 19.1 Å². The van der Waals surface area contributed by atoms with Crippen molar-refractivity contribution < 1.29 is 19.1 Å². The molecule has 0 aliphatic carbocycles. The highest BCUT2D eigenvalue weighted by Gasteiger charge is 2.27. The molecule has 1 N–H and O–H groups in total. The first kappa shape index (κ1) is 16.8. The number of morpholine rings is 1. The highest BCUT2D eigenvalue weighted by molar-refractivity contribution is 5.78. The van der Waals surface area contributed by atoms with Gasteiger partial charge in [0.2, 0.25) is 6.04 Å². The Bertz CT molecular complexity index is 339. The normalized spacial score (nSPS) is 19.4. The molecule has 0 aromatic rings. The molecule has 0 spiro atoms. The van der Waals surface area contributed by atoms with E-state index in [0.717, 1.165) is 13.1 Å². The molecule has 0 radical (unpaired) electrons. The Kier molecular flexibility index (Phi) is 7.43. The molecule has 0 amide bonds. The van der Waals surface area contributed by atoms with E-state index in [1.54, 1.807) is 6.92 Å².